The quantitative estimate of drug-likeness (QED) is 0.691. The molecule has 0 spiro atoms. The number of hydrogen-bond acceptors (Lipinski definition) is 3. The molecular formula is C23H20N2O. The zero-order valence-electron chi connectivity index (χ0n) is 14.5. The smallest absolute Gasteiger partial charge is 0.137 e. The van der Waals surface area contributed by atoms with Crippen molar-refractivity contribution in [1.82, 2.24) is 4.90 Å². The molecule has 0 saturated carbocycles. The van der Waals surface area contributed by atoms with Gasteiger partial charge in [-0.15, -0.1) is 0 Å². The van der Waals surface area contributed by atoms with Crippen molar-refractivity contribution in [2.24, 2.45) is 0 Å². The fraction of sp³-hybridized carbons (Fsp3) is 0.174. The SMILES string of the molecule is N#Cc1ccc(OC2CN(Cc3ccccc3)Cc3ccccc32)cc1. The van der Waals surface area contributed by atoms with Gasteiger partial charge in [0.05, 0.1) is 11.6 Å². The molecule has 0 amide bonds. The van der Waals surface area contributed by atoms with Crippen molar-refractivity contribution in [1.29, 1.82) is 5.26 Å². The molecular weight excluding hydrogens is 320 g/mol. The zero-order chi connectivity index (χ0) is 17.8. The molecule has 0 N–H and O–H groups in total. The van der Waals surface area contributed by atoms with E-state index in [-0.39, 0.29) is 6.10 Å². The van der Waals surface area contributed by atoms with E-state index < -0.39 is 0 Å². The number of nitriles is 1. The molecule has 1 heterocycles. The van der Waals surface area contributed by atoms with Gasteiger partial charge in [-0.05, 0) is 41.0 Å². The number of rotatable bonds is 4. The highest BCUT2D eigenvalue weighted by molar-refractivity contribution is 5.36. The number of nitrogens with zero attached hydrogens (tertiary/aromatic N) is 2. The summed E-state index contributed by atoms with van der Waals surface area (Å²) in [6.07, 6.45) is -0.0170. The Hall–Kier alpha value is -3.09. The minimum atomic E-state index is -0.0170. The summed E-state index contributed by atoms with van der Waals surface area (Å²) in [7, 11) is 0. The predicted molar refractivity (Wildman–Crippen MR) is 102 cm³/mol. The molecule has 3 aromatic rings. The minimum Gasteiger partial charge on any atom is -0.484 e. The van der Waals surface area contributed by atoms with Gasteiger partial charge in [0.15, 0.2) is 0 Å². The molecule has 4 rings (SSSR count). The third-order valence-electron chi connectivity index (χ3n) is 4.73. The van der Waals surface area contributed by atoms with Gasteiger partial charge >= 0.3 is 0 Å². The van der Waals surface area contributed by atoms with E-state index in [0.29, 0.717) is 5.56 Å². The Kier molecular flexibility index (Phi) is 4.68. The van der Waals surface area contributed by atoms with Gasteiger partial charge in [-0.25, -0.2) is 0 Å². The molecule has 3 aromatic carbocycles. The Labute approximate surface area is 154 Å². The molecule has 0 bridgehead atoms. The van der Waals surface area contributed by atoms with Gasteiger partial charge in [-0.1, -0.05) is 54.6 Å². The van der Waals surface area contributed by atoms with Crippen LogP contribution in [0.5, 0.6) is 5.75 Å². The van der Waals surface area contributed by atoms with E-state index in [1.54, 1.807) is 12.1 Å². The predicted octanol–water partition coefficient (Wildman–Crippen LogP) is 4.69. The van der Waals surface area contributed by atoms with Crippen LogP contribution in [0.3, 0.4) is 0 Å². The van der Waals surface area contributed by atoms with Crippen LogP contribution < -0.4 is 4.74 Å². The van der Waals surface area contributed by atoms with Gasteiger partial charge < -0.3 is 4.74 Å². The van der Waals surface area contributed by atoms with Crippen LogP contribution in [0, 0.1) is 11.3 Å². The number of fused-ring (bicyclic) bond motifs is 1. The molecule has 128 valence electrons. The molecule has 1 aliphatic rings. The summed E-state index contributed by atoms with van der Waals surface area (Å²) in [4.78, 5) is 2.42. The molecule has 3 heteroatoms. The Morgan fingerprint density at radius 3 is 2.42 bits per heavy atom. The topological polar surface area (TPSA) is 36.3 Å². The lowest BCUT2D eigenvalue weighted by Crippen LogP contribution is -2.35. The van der Waals surface area contributed by atoms with E-state index in [1.807, 2.05) is 18.2 Å². The molecule has 26 heavy (non-hydrogen) atoms. The van der Waals surface area contributed by atoms with Crippen LogP contribution in [0.15, 0.2) is 78.9 Å². The molecule has 1 atom stereocenters. The Morgan fingerprint density at radius 1 is 0.923 bits per heavy atom. The molecule has 0 aromatic heterocycles. The van der Waals surface area contributed by atoms with Crippen LogP contribution in [0.25, 0.3) is 0 Å². The number of ether oxygens (including phenoxy) is 1. The summed E-state index contributed by atoms with van der Waals surface area (Å²) < 4.78 is 6.30. The Balaban J connectivity index is 1.56. The lowest BCUT2D eigenvalue weighted by molar-refractivity contribution is 0.107. The number of benzene rings is 3. The second-order valence-corrected chi connectivity index (χ2v) is 6.60. The highest BCUT2D eigenvalue weighted by Gasteiger charge is 2.26. The molecule has 0 fully saturated rings. The van der Waals surface area contributed by atoms with Crippen molar-refractivity contribution in [2.45, 2.75) is 19.2 Å². The average Bonchev–Trinajstić information content (AvgIpc) is 2.69. The molecule has 3 nitrogen and oxygen atoms in total. The van der Waals surface area contributed by atoms with Crippen LogP contribution in [-0.2, 0) is 13.1 Å². The summed E-state index contributed by atoms with van der Waals surface area (Å²) in [5.41, 5.74) is 4.52. The minimum absolute atomic E-state index is 0.0170. The van der Waals surface area contributed by atoms with E-state index in [9.17, 15) is 0 Å². The van der Waals surface area contributed by atoms with Crippen LogP contribution in [-0.4, -0.2) is 11.4 Å². The summed E-state index contributed by atoms with van der Waals surface area (Å²) in [6, 6.07) is 28.5. The Bertz CT molecular complexity index is 913. The highest BCUT2D eigenvalue weighted by Crippen LogP contribution is 2.31. The van der Waals surface area contributed by atoms with Gasteiger partial charge in [-0.2, -0.15) is 5.26 Å². The van der Waals surface area contributed by atoms with E-state index in [1.165, 1.54) is 16.7 Å². The summed E-state index contributed by atoms with van der Waals surface area (Å²) in [5, 5.41) is 8.96. The lowest BCUT2D eigenvalue weighted by atomic mass is 9.96. The first kappa shape index (κ1) is 16.4. The van der Waals surface area contributed by atoms with E-state index >= 15 is 0 Å². The molecule has 0 saturated heterocycles. The maximum Gasteiger partial charge on any atom is 0.137 e. The van der Waals surface area contributed by atoms with Crippen LogP contribution >= 0.6 is 0 Å². The fourth-order valence-corrected chi connectivity index (χ4v) is 3.47. The van der Waals surface area contributed by atoms with Gasteiger partial charge in [0.25, 0.3) is 0 Å². The largest absolute Gasteiger partial charge is 0.484 e. The van der Waals surface area contributed by atoms with Crippen molar-refractivity contribution in [2.75, 3.05) is 6.54 Å². The third-order valence-corrected chi connectivity index (χ3v) is 4.73. The molecule has 1 unspecified atom stereocenters. The van der Waals surface area contributed by atoms with Crippen LogP contribution in [0.4, 0.5) is 0 Å². The third kappa shape index (κ3) is 3.61. The second kappa shape index (κ2) is 7.43. The van der Waals surface area contributed by atoms with Crippen molar-refractivity contribution in [3.63, 3.8) is 0 Å². The van der Waals surface area contributed by atoms with Crippen molar-refractivity contribution in [3.8, 4) is 11.8 Å². The summed E-state index contributed by atoms with van der Waals surface area (Å²) in [5.74, 6) is 0.797. The lowest BCUT2D eigenvalue weighted by Gasteiger charge is -2.34. The molecule has 0 aliphatic carbocycles. The first-order chi connectivity index (χ1) is 12.8. The highest BCUT2D eigenvalue weighted by atomic mass is 16.5. The normalized spacial score (nSPS) is 16.5. The monoisotopic (exact) mass is 340 g/mol. The van der Waals surface area contributed by atoms with Gasteiger partial charge in [0.1, 0.15) is 11.9 Å². The number of hydrogen-bond donors (Lipinski definition) is 0. The Morgan fingerprint density at radius 2 is 1.65 bits per heavy atom. The van der Waals surface area contributed by atoms with Crippen molar-refractivity contribution in [3.05, 3.63) is 101 Å². The van der Waals surface area contributed by atoms with Crippen LogP contribution in [0.2, 0.25) is 0 Å². The van der Waals surface area contributed by atoms with Gasteiger partial charge in [0.2, 0.25) is 0 Å². The second-order valence-electron chi connectivity index (χ2n) is 6.60. The van der Waals surface area contributed by atoms with Gasteiger partial charge in [-0.3, -0.25) is 4.90 Å². The van der Waals surface area contributed by atoms with Crippen molar-refractivity contribution >= 4 is 0 Å². The van der Waals surface area contributed by atoms with Crippen LogP contribution in [0.1, 0.15) is 28.4 Å². The maximum absolute atomic E-state index is 8.96. The first-order valence-corrected chi connectivity index (χ1v) is 8.83. The summed E-state index contributed by atoms with van der Waals surface area (Å²) in [6.45, 7) is 2.67. The zero-order valence-corrected chi connectivity index (χ0v) is 14.5. The molecule has 0 radical (unpaired) electrons. The van der Waals surface area contributed by atoms with Crippen molar-refractivity contribution < 1.29 is 4.74 Å². The fourth-order valence-electron chi connectivity index (χ4n) is 3.47. The molecule has 1 aliphatic heterocycles. The van der Waals surface area contributed by atoms with Gasteiger partial charge in [0, 0.05) is 19.6 Å². The van der Waals surface area contributed by atoms with E-state index in [0.717, 1.165) is 25.4 Å². The van der Waals surface area contributed by atoms with E-state index in [4.69, 9.17) is 10.00 Å². The maximum atomic E-state index is 8.96. The standard InChI is InChI=1S/C23H20N2O/c24-14-18-10-12-21(13-11-18)26-23-17-25(15-19-6-2-1-3-7-19)16-20-8-4-5-9-22(20)23/h1-13,23H,15-17H2. The average molecular weight is 340 g/mol. The van der Waals surface area contributed by atoms with E-state index in [2.05, 4.69) is 59.5 Å². The first-order valence-electron chi connectivity index (χ1n) is 8.83. The summed E-state index contributed by atoms with van der Waals surface area (Å²) >= 11 is 0.